The quantitative estimate of drug-likeness (QED) is 0.0264. The zero-order valence-corrected chi connectivity index (χ0v) is 38.5. The summed E-state index contributed by atoms with van der Waals surface area (Å²) in [5.41, 5.74) is 0. The van der Waals surface area contributed by atoms with Crippen molar-refractivity contribution in [1.82, 2.24) is 0 Å². The summed E-state index contributed by atoms with van der Waals surface area (Å²) in [5, 5.41) is 0. The fourth-order valence-corrected chi connectivity index (χ4v) is 6.48. The molecule has 0 radical (unpaired) electrons. The predicted octanol–water partition coefficient (Wildman–Crippen LogP) is 15.9. The first-order valence-corrected chi connectivity index (χ1v) is 24.4. The summed E-state index contributed by atoms with van der Waals surface area (Å²) in [6, 6.07) is 0. The van der Waals surface area contributed by atoms with Crippen molar-refractivity contribution in [3.05, 3.63) is 72.9 Å². The van der Waals surface area contributed by atoms with Crippen molar-refractivity contribution in [3.63, 3.8) is 0 Å². The van der Waals surface area contributed by atoms with Crippen molar-refractivity contribution in [1.29, 1.82) is 0 Å². The van der Waals surface area contributed by atoms with E-state index in [0.29, 0.717) is 19.3 Å². The Morgan fingerprint density at radius 2 is 0.661 bits per heavy atom. The van der Waals surface area contributed by atoms with Gasteiger partial charge in [-0.25, -0.2) is 0 Å². The number of esters is 3. The van der Waals surface area contributed by atoms with E-state index in [1.165, 1.54) is 83.5 Å². The largest absolute Gasteiger partial charge is 0.462 e. The van der Waals surface area contributed by atoms with Crippen LogP contribution in [0.2, 0.25) is 0 Å². The maximum Gasteiger partial charge on any atom is 0.306 e. The monoisotopic (exact) mass is 823 g/mol. The number of hydrogen-bond acceptors (Lipinski definition) is 6. The molecular weight excluding hydrogens is 733 g/mol. The minimum absolute atomic E-state index is 0.0967. The van der Waals surface area contributed by atoms with Crippen LogP contribution in [0.1, 0.15) is 226 Å². The van der Waals surface area contributed by atoms with Crippen LogP contribution in [0.3, 0.4) is 0 Å². The third-order valence-electron chi connectivity index (χ3n) is 10.2. The normalized spacial score (nSPS) is 12.7. The lowest BCUT2D eigenvalue weighted by atomic mass is 10.1. The smallest absolute Gasteiger partial charge is 0.306 e. The lowest BCUT2D eigenvalue weighted by Crippen LogP contribution is -2.30. The number of carbonyl (C=O) groups excluding carboxylic acids is 3. The van der Waals surface area contributed by atoms with Crippen LogP contribution in [0.25, 0.3) is 0 Å². The number of carbonyl (C=O) groups is 3. The van der Waals surface area contributed by atoms with Crippen LogP contribution >= 0.6 is 0 Å². The summed E-state index contributed by atoms with van der Waals surface area (Å²) >= 11 is 0. The first-order chi connectivity index (χ1) is 29.0. The summed E-state index contributed by atoms with van der Waals surface area (Å²) in [5.74, 6) is -0.959. The third-order valence-corrected chi connectivity index (χ3v) is 10.2. The molecule has 0 fully saturated rings. The Labute approximate surface area is 363 Å². The van der Waals surface area contributed by atoms with Crippen LogP contribution in [0.15, 0.2) is 72.9 Å². The number of ether oxygens (including phenoxy) is 3. The van der Waals surface area contributed by atoms with Crippen LogP contribution in [0.5, 0.6) is 0 Å². The van der Waals surface area contributed by atoms with E-state index in [4.69, 9.17) is 14.2 Å². The lowest BCUT2D eigenvalue weighted by molar-refractivity contribution is -0.167. The SMILES string of the molecule is CC/C=C\C/C=C\C/C=C\C/C=C\CCCCC(=O)OCC(COC(=O)CCCCCCC/C=C\CCCCC)OC(=O)CCCCCCC/C=C\CCCCCCC. The number of unbranched alkanes of at least 4 members (excludes halogenated alkanes) is 20. The molecule has 338 valence electrons. The van der Waals surface area contributed by atoms with Gasteiger partial charge in [-0.3, -0.25) is 14.4 Å². The molecule has 1 unspecified atom stereocenters. The first-order valence-electron chi connectivity index (χ1n) is 24.4. The van der Waals surface area contributed by atoms with Gasteiger partial charge < -0.3 is 14.2 Å². The molecule has 0 saturated heterocycles. The molecule has 0 aliphatic rings. The second-order valence-corrected chi connectivity index (χ2v) is 16.0. The molecule has 0 aliphatic heterocycles. The van der Waals surface area contributed by atoms with Crippen molar-refractivity contribution >= 4 is 17.9 Å². The minimum atomic E-state index is -0.798. The molecule has 0 saturated carbocycles. The van der Waals surface area contributed by atoms with Crippen molar-refractivity contribution in [2.24, 2.45) is 0 Å². The van der Waals surface area contributed by atoms with Crippen molar-refractivity contribution in [2.75, 3.05) is 13.2 Å². The van der Waals surface area contributed by atoms with Crippen molar-refractivity contribution in [3.8, 4) is 0 Å². The highest BCUT2D eigenvalue weighted by Crippen LogP contribution is 2.13. The average Bonchev–Trinajstić information content (AvgIpc) is 3.23. The third kappa shape index (κ3) is 45.8. The number of hydrogen-bond donors (Lipinski definition) is 0. The molecule has 0 bridgehead atoms. The molecule has 59 heavy (non-hydrogen) atoms. The fourth-order valence-electron chi connectivity index (χ4n) is 6.48. The fraction of sp³-hybridized carbons (Fsp3) is 0.717. The first kappa shape index (κ1) is 55.9. The zero-order chi connectivity index (χ0) is 43.0. The highest BCUT2D eigenvalue weighted by molar-refractivity contribution is 5.71. The summed E-state index contributed by atoms with van der Waals surface area (Å²) in [7, 11) is 0. The number of rotatable bonds is 43. The van der Waals surface area contributed by atoms with E-state index in [2.05, 4.69) is 93.7 Å². The summed E-state index contributed by atoms with van der Waals surface area (Å²) < 4.78 is 16.7. The Morgan fingerprint density at radius 3 is 1.12 bits per heavy atom. The van der Waals surface area contributed by atoms with Crippen molar-refractivity contribution < 1.29 is 28.6 Å². The number of allylic oxidation sites excluding steroid dienone is 12. The van der Waals surface area contributed by atoms with E-state index in [-0.39, 0.29) is 31.1 Å². The molecule has 0 rings (SSSR count). The molecule has 0 aromatic heterocycles. The molecule has 0 amide bonds. The van der Waals surface area contributed by atoms with Crippen LogP contribution < -0.4 is 0 Å². The Hall–Kier alpha value is -3.15. The van der Waals surface area contributed by atoms with Crippen LogP contribution in [0, 0.1) is 0 Å². The van der Waals surface area contributed by atoms with Gasteiger partial charge in [0, 0.05) is 19.3 Å². The molecule has 0 aromatic carbocycles. The van der Waals surface area contributed by atoms with Gasteiger partial charge in [-0.15, -0.1) is 0 Å². The van der Waals surface area contributed by atoms with Crippen LogP contribution in [-0.2, 0) is 28.6 Å². The zero-order valence-electron chi connectivity index (χ0n) is 38.5. The molecule has 0 heterocycles. The predicted molar refractivity (Wildman–Crippen MR) is 251 cm³/mol. The Morgan fingerprint density at radius 1 is 0.356 bits per heavy atom. The summed E-state index contributed by atoms with van der Waals surface area (Å²) in [4.78, 5) is 37.8. The molecule has 6 nitrogen and oxygen atoms in total. The Balaban J connectivity index is 4.48. The van der Waals surface area contributed by atoms with Gasteiger partial charge in [0.2, 0.25) is 0 Å². The van der Waals surface area contributed by atoms with Gasteiger partial charge in [-0.05, 0) is 109 Å². The van der Waals surface area contributed by atoms with Gasteiger partial charge in [-0.1, -0.05) is 171 Å². The van der Waals surface area contributed by atoms with Gasteiger partial charge in [0.1, 0.15) is 13.2 Å². The topological polar surface area (TPSA) is 78.9 Å². The van der Waals surface area contributed by atoms with E-state index in [1.807, 2.05) is 0 Å². The van der Waals surface area contributed by atoms with Gasteiger partial charge in [0.25, 0.3) is 0 Å². The second kappa shape index (κ2) is 47.5. The maximum absolute atomic E-state index is 12.8. The lowest BCUT2D eigenvalue weighted by Gasteiger charge is -2.18. The molecule has 0 N–H and O–H groups in total. The molecule has 1 atom stereocenters. The Kier molecular flexibility index (Phi) is 45.0. The van der Waals surface area contributed by atoms with Crippen LogP contribution in [-0.4, -0.2) is 37.2 Å². The summed E-state index contributed by atoms with van der Waals surface area (Å²) in [6.45, 7) is 6.43. The standard InChI is InChI=1S/C53H90O6/c1-4-7-10-13-16-19-22-25-27-29-31-34-37-40-43-46-52(55)58-49-50(48-57-51(54)45-42-39-36-33-30-24-21-18-15-12-9-6-3)59-53(56)47-44-41-38-35-32-28-26-23-20-17-14-11-8-5-2/h7,10,16,18-19,21,23,25-27,31,34,50H,4-6,8-9,11-15,17,20,22,24,28-30,32-33,35-49H2,1-3H3/b10-7-,19-16-,21-18-,26-23-,27-25-,34-31-. The van der Waals surface area contributed by atoms with Gasteiger partial charge in [0.05, 0.1) is 0 Å². The van der Waals surface area contributed by atoms with E-state index in [1.54, 1.807) is 0 Å². The summed E-state index contributed by atoms with van der Waals surface area (Å²) in [6.07, 6.45) is 58.8. The van der Waals surface area contributed by atoms with E-state index in [0.717, 1.165) is 103 Å². The van der Waals surface area contributed by atoms with Gasteiger partial charge in [-0.2, -0.15) is 0 Å². The molecule has 0 spiro atoms. The minimum Gasteiger partial charge on any atom is -0.462 e. The molecule has 0 aromatic rings. The maximum atomic E-state index is 12.8. The van der Waals surface area contributed by atoms with Gasteiger partial charge in [0.15, 0.2) is 6.10 Å². The Bertz CT molecular complexity index is 1130. The molecule has 0 aliphatic carbocycles. The van der Waals surface area contributed by atoms with E-state index in [9.17, 15) is 14.4 Å². The van der Waals surface area contributed by atoms with E-state index >= 15 is 0 Å². The molecule has 6 heteroatoms. The highest BCUT2D eigenvalue weighted by Gasteiger charge is 2.19. The second-order valence-electron chi connectivity index (χ2n) is 16.0. The van der Waals surface area contributed by atoms with Crippen molar-refractivity contribution in [2.45, 2.75) is 232 Å². The van der Waals surface area contributed by atoms with E-state index < -0.39 is 6.10 Å². The van der Waals surface area contributed by atoms with Gasteiger partial charge >= 0.3 is 17.9 Å². The highest BCUT2D eigenvalue weighted by atomic mass is 16.6. The average molecular weight is 823 g/mol. The van der Waals surface area contributed by atoms with Crippen LogP contribution in [0.4, 0.5) is 0 Å². The molecular formula is C53H90O6.